The molecule has 1 heterocycles. The molecule has 0 radical (unpaired) electrons. The van der Waals surface area contributed by atoms with E-state index in [2.05, 4.69) is 10.6 Å². The van der Waals surface area contributed by atoms with E-state index in [1.54, 1.807) is 6.07 Å². The molecule has 3 aromatic carbocycles. The SMILES string of the molecule is COC(=O)C1CC(OC(C)=O)CC(Oc2ccc(CO)cc2NC(=O)CNC(=O)OCC2c3ccccc3-c3ccccc32)O1. The number of esters is 2. The summed E-state index contributed by atoms with van der Waals surface area (Å²) >= 11 is 0. The van der Waals surface area contributed by atoms with Crippen molar-refractivity contribution < 1.29 is 48.0 Å². The van der Waals surface area contributed by atoms with Crippen LogP contribution in [0.5, 0.6) is 5.75 Å². The third-order valence-electron chi connectivity index (χ3n) is 7.54. The number of carbonyl (C=O) groups excluding carboxylic acids is 4. The maximum Gasteiger partial charge on any atom is 0.407 e. The topological polar surface area (TPSA) is 159 Å². The summed E-state index contributed by atoms with van der Waals surface area (Å²) in [6, 6.07) is 20.6. The van der Waals surface area contributed by atoms with Gasteiger partial charge in [0.05, 0.1) is 19.4 Å². The predicted molar refractivity (Wildman–Crippen MR) is 160 cm³/mol. The Morgan fingerprint density at radius 3 is 2.29 bits per heavy atom. The summed E-state index contributed by atoms with van der Waals surface area (Å²) < 4.78 is 27.3. The van der Waals surface area contributed by atoms with Crippen molar-refractivity contribution in [3.8, 4) is 16.9 Å². The number of alkyl carbamates (subject to hydrolysis) is 1. The molecule has 1 aliphatic carbocycles. The van der Waals surface area contributed by atoms with E-state index in [1.165, 1.54) is 26.2 Å². The number of methoxy groups -OCH3 is 1. The van der Waals surface area contributed by atoms with E-state index < -0.39 is 49.0 Å². The molecule has 12 nitrogen and oxygen atoms in total. The normalized spacial score (nSPS) is 18.6. The largest absolute Gasteiger partial charge is 0.467 e. The van der Waals surface area contributed by atoms with Crippen molar-refractivity contribution in [2.24, 2.45) is 0 Å². The monoisotopic (exact) mass is 618 g/mol. The quantitative estimate of drug-likeness (QED) is 0.226. The zero-order chi connectivity index (χ0) is 31.9. The average Bonchev–Trinajstić information content (AvgIpc) is 3.36. The third-order valence-corrected chi connectivity index (χ3v) is 7.54. The number of aliphatic hydroxyl groups is 1. The Hall–Kier alpha value is -4.94. The molecule has 2 aliphatic rings. The molecule has 2 amide bonds. The molecule has 3 N–H and O–H groups in total. The summed E-state index contributed by atoms with van der Waals surface area (Å²) in [5.41, 5.74) is 5.02. The van der Waals surface area contributed by atoms with Crippen molar-refractivity contribution in [1.29, 1.82) is 0 Å². The van der Waals surface area contributed by atoms with Crippen LogP contribution in [-0.2, 0) is 39.9 Å². The van der Waals surface area contributed by atoms with Crippen LogP contribution >= 0.6 is 0 Å². The number of carbonyl (C=O) groups is 4. The standard InChI is InChI=1S/C33H34N2O10/c1-19(37)43-21-14-29(32(39)41-2)45-31(15-21)44-28-12-11-20(17-36)13-27(28)35-30(38)16-34-33(40)42-18-26-24-9-5-3-7-22(24)23-8-4-6-10-25(23)26/h3-13,21,26,29,31,36H,14-18H2,1-2H3,(H,34,40)(H,35,38). The van der Waals surface area contributed by atoms with Crippen molar-refractivity contribution in [2.45, 2.75) is 50.8 Å². The fraction of sp³-hybridized carbons (Fsp3) is 0.333. The molecule has 0 saturated carbocycles. The van der Waals surface area contributed by atoms with E-state index in [0.717, 1.165) is 22.3 Å². The molecule has 3 atom stereocenters. The molecular formula is C33H34N2O10. The summed E-state index contributed by atoms with van der Waals surface area (Å²) in [6.45, 7) is 0.648. The Bertz CT molecular complexity index is 1530. The van der Waals surface area contributed by atoms with Gasteiger partial charge < -0.3 is 39.4 Å². The molecule has 12 heteroatoms. The number of benzene rings is 3. The minimum absolute atomic E-state index is 0.0975. The molecule has 5 rings (SSSR count). The van der Waals surface area contributed by atoms with Gasteiger partial charge in [-0.05, 0) is 39.9 Å². The highest BCUT2D eigenvalue weighted by atomic mass is 16.7. The minimum Gasteiger partial charge on any atom is -0.467 e. The fourth-order valence-corrected chi connectivity index (χ4v) is 5.55. The molecule has 3 aromatic rings. The molecule has 3 unspecified atom stereocenters. The van der Waals surface area contributed by atoms with Crippen LogP contribution in [0, 0.1) is 0 Å². The number of ether oxygens (including phenoxy) is 5. The Balaban J connectivity index is 1.19. The van der Waals surface area contributed by atoms with Crippen LogP contribution in [0.4, 0.5) is 10.5 Å². The first-order valence-corrected chi connectivity index (χ1v) is 14.4. The molecule has 1 aliphatic heterocycles. The van der Waals surface area contributed by atoms with Crippen LogP contribution in [0.15, 0.2) is 66.7 Å². The van der Waals surface area contributed by atoms with E-state index >= 15 is 0 Å². The molecule has 1 fully saturated rings. The second-order valence-electron chi connectivity index (χ2n) is 10.6. The van der Waals surface area contributed by atoms with Gasteiger partial charge in [-0.2, -0.15) is 0 Å². The summed E-state index contributed by atoms with van der Waals surface area (Å²) in [5.74, 6) is -1.71. The second kappa shape index (κ2) is 14.2. The van der Waals surface area contributed by atoms with Gasteiger partial charge in [0.25, 0.3) is 0 Å². The van der Waals surface area contributed by atoms with E-state index in [1.807, 2.05) is 48.5 Å². The van der Waals surface area contributed by atoms with Gasteiger partial charge in [0.15, 0.2) is 6.10 Å². The number of hydrogen-bond acceptors (Lipinski definition) is 10. The number of hydrogen-bond donors (Lipinski definition) is 3. The van der Waals surface area contributed by atoms with E-state index in [4.69, 9.17) is 23.7 Å². The Kier molecular flexibility index (Phi) is 9.95. The van der Waals surface area contributed by atoms with Gasteiger partial charge in [-0.15, -0.1) is 0 Å². The number of amides is 2. The van der Waals surface area contributed by atoms with Gasteiger partial charge in [-0.25, -0.2) is 9.59 Å². The first kappa shape index (κ1) is 31.5. The first-order valence-electron chi connectivity index (χ1n) is 14.4. The molecule has 1 saturated heterocycles. The van der Waals surface area contributed by atoms with Crippen molar-refractivity contribution in [2.75, 3.05) is 25.6 Å². The minimum atomic E-state index is -1.03. The Morgan fingerprint density at radius 2 is 1.64 bits per heavy atom. The van der Waals surface area contributed by atoms with Gasteiger partial charge in [0.1, 0.15) is 25.0 Å². The van der Waals surface area contributed by atoms with Crippen molar-refractivity contribution in [3.63, 3.8) is 0 Å². The zero-order valence-electron chi connectivity index (χ0n) is 24.8. The zero-order valence-corrected chi connectivity index (χ0v) is 24.8. The van der Waals surface area contributed by atoms with Gasteiger partial charge in [-0.3, -0.25) is 9.59 Å². The fourth-order valence-electron chi connectivity index (χ4n) is 5.55. The number of anilines is 1. The van der Waals surface area contributed by atoms with E-state index in [-0.39, 0.29) is 43.4 Å². The highest BCUT2D eigenvalue weighted by Crippen LogP contribution is 2.44. The van der Waals surface area contributed by atoms with Crippen LogP contribution in [0.1, 0.15) is 42.4 Å². The predicted octanol–water partition coefficient (Wildman–Crippen LogP) is 3.64. The number of aliphatic hydroxyl groups excluding tert-OH is 1. The molecule has 0 spiro atoms. The lowest BCUT2D eigenvalue weighted by atomic mass is 9.98. The molecule has 0 aromatic heterocycles. The smallest absolute Gasteiger partial charge is 0.407 e. The summed E-state index contributed by atoms with van der Waals surface area (Å²) in [5, 5.41) is 14.8. The van der Waals surface area contributed by atoms with Gasteiger partial charge in [0.2, 0.25) is 12.2 Å². The number of nitrogens with one attached hydrogen (secondary N) is 2. The van der Waals surface area contributed by atoms with Gasteiger partial charge >= 0.3 is 18.0 Å². The van der Waals surface area contributed by atoms with Crippen LogP contribution in [-0.4, -0.2) is 67.8 Å². The van der Waals surface area contributed by atoms with Gasteiger partial charge in [0, 0.05) is 25.7 Å². The Morgan fingerprint density at radius 1 is 0.956 bits per heavy atom. The van der Waals surface area contributed by atoms with Crippen molar-refractivity contribution in [3.05, 3.63) is 83.4 Å². The lowest BCUT2D eigenvalue weighted by Crippen LogP contribution is -2.44. The second-order valence-corrected chi connectivity index (χ2v) is 10.6. The maximum absolute atomic E-state index is 12.9. The highest BCUT2D eigenvalue weighted by molar-refractivity contribution is 5.95. The van der Waals surface area contributed by atoms with Crippen LogP contribution in [0.3, 0.4) is 0 Å². The van der Waals surface area contributed by atoms with Crippen LogP contribution in [0.25, 0.3) is 11.1 Å². The highest BCUT2D eigenvalue weighted by Gasteiger charge is 2.37. The Labute approximate surface area is 259 Å². The lowest BCUT2D eigenvalue weighted by molar-refractivity contribution is -0.204. The lowest BCUT2D eigenvalue weighted by Gasteiger charge is -2.33. The summed E-state index contributed by atoms with van der Waals surface area (Å²) in [7, 11) is 1.22. The first-order chi connectivity index (χ1) is 21.7. The summed E-state index contributed by atoms with van der Waals surface area (Å²) in [6.07, 6.45) is -3.27. The van der Waals surface area contributed by atoms with Crippen molar-refractivity contribution in [1.82, 2.24) is 5.32 Å². The molecule has 45 heavy (non-hydrogen) atoms. The molecular weight excluding hydrogens is 584 g/mol. The van der Waals surface area contributed by atoms with Crippen LogP contribution < -0.4 is 15.4 Å². The van der Waals surface area contributed by atoms with Gasteiger partial charge in [-0.1, -0.05) is 54.6 Å². The van der Waals surface area contributed by atoms with Crippen molar-refractivity contribution >= 4 is 29.6 Å². The molecule has 236 valence electrons. The van der Waals surface area contributed by atoms with Crippen LogP contribution in [0.2, 0.25) is 0 Å². The summed E-state index contributed by atoms with van der Waals surface area (Å²) in [4.78, 5) is 49.2. The molecule has 0 bridgehead atoms. The number of fused-ring (bicyclic) bond motifs is 3. The number of rotatable bonds is 10. The third kappa shape index (κ3) is 7.59. The average molecular weight is 619 g/mol. The maximum atomic E-state index is 12.9. The van der Waals surface area contributed by atoms with E-state index in [0.29, 0.717) is 5.56 Å². The van der Waals surface area contributed by atoms with E-state index in [9.17, 15) is 24.3 Å².